The molecule has 0 heterocycles. The van der Waals surface area contributed by atoms with Crippen molar-refractivity contribution in [1.29, 1.82) is 0 Å². The monoisotopic (exact) mass is 304 g/mol. The Labute approximate surface area is 89.2 Å². The van der Waals surface area contributed by atoms with Crippen LogP contribution in [0.3, 0.4) is 0 Å². The molecule has 2 atom stereocenters. The summed E-state index contributed by atoms with van der Waals surface area (Å²) < 4.78 is 30.6. The van der Waals surface area contributed by atoms with Crippen LogP contribution in [0.1, 0.15) is 19.3 Å². The SMILES string of the molecule is COC(=O)C(F)(F)C1CCCC1I. The molecule has 0 aromatic rings. The number of esters is 1. The van der Waals surface area contributed by atoms with Gasteiger partial charge in [-0.25, -0.2) is 4.79 Å². The average Bonchev–Trinajstić information content (AvgIpc) is 2.50. The summed E-state index contributed by atoms with van der Waals surface area (Å²) in [6.45, 7) is 0. The summed E-state index contributed by atoms with van der Waals surface area (Å²) in [4.78, 5) is 10.8. The topological polar surface area (TPSA) is 26.3 Å². The molecular weight excluding hydrogens is 293 g/mol. The van der Waals surface area contributed by atoms with Crippen molar-refractivity contribution in [3.8, 4) is 0 Å². The predicted molar refractivity (Wildman–Crippen MR) is 52.1 cm³/mol. The smallest absolute Gasteiger partial charge is 0.377 e. The average molecular weight is 304 g/mol. The highest BCUT2D eigenvalue weighted by Gasteiger charge is 2.52. The van der Waals surface area contributed by atoms with Gasteiger partial charge < -0.3 is 4.74 Å². The van der Waals surface area contributed by atoms with Gasteiger partial charge >= 0.3 is 11.9 Å². The zero-order chi connectivity index (χ0) is 10.1. The molecule has 1 aliphatic rings. The van der Waals surface area contributed by atoms with Gasteiger partial charge in [-0.15, -0.1) is 0 Å². The summed E-state index contributed by atoms with van der Waals surface area (Å²) in [5.41, 5.74) is 0. The van der Waals surface area contributed by atoms with Crippen LogP contribution >= 0.6 is 22.6 Å². The molecule has 2 nitrogen and oxygen atoms in total. The van der Waals surface area contributed by atoms with E-state index in [1.807, 2.05) is 22.6 Å². The molecule has 2 unspecified atom stereocenters. The minimum absolute atomic E-state index is 0.119. The van der Waals surface area contributed by atoms with E-state index in [9.17, 15) is 13.6 Å². The molecule has 1 aliphatic carbocycles. The number of carbonyl (C=O) groups excluding carboxylic acids is 1. The third-order valence-corrected chi connectivity index (χ3v) is 3.85. The lowest BCUT2D eigenvalue weighted by Gasteiger charge is -2.22. The third-order valence-electron chi connectivity index (χ3n) is 2.35. The quantitative estimate of drug-likeness (QED) is 0.445. The minimum Gasteiger partial charge on any atom is -0.465 e. The summed E-state index contributed by atoms with van der Waals surface area (Å²) in [5, 5.41) is 0. The van der Waals surface area contributed by atoms with Crippen LogP contribution < -0.4 is 0 Å². The predicted octanol–water partition coefficient (Wildman–Crippen LogP) is 2.40. The summed E-state index contributed by atoms with van der Waals surface area (Å²) in [5.74, 6) is -5.56. The van der Waals surface area contributed by atoms with Crippen LogP contribution in [0, 0.1) is 5.92 Å². The number of rotatable bonds is 2. The van der Waals surface area contributed by atoms with E-state index in [2.05, 4.69) is 4.74 Å². The van der Waals surface area contributed by atoms with E-state index in [4.69, 9.17) is 0 Å². The minimum atomic E-state index is -3.31. The van der Waals surface area contributed by atoms with Gasteiger partial charge in [0.05, 0.1) is 7.11 Å². The summed E-state index contributed by atoms with van der Waals surface area (Å²) in [7, 11) is 0.993. The van der Waals surface area contributed by atoms with Crippen LogP contribution in [0.15, 0.2) is 0 Å². The summed E-state index contributed by atoms with van der Waals surface area (Å²) in [6, 6.07) is 0. The normalized spacial score (nSPS) is 28.9. The second kappa shape index (κ2) is 4.06. The molecule has 0 aliphatic heterocycles. The first-order valence-corrected chi connectivity index (χ1v) is 5.35. The second-order valence-corrected chi connectivity index (χ2v) is 4.77. The Hall–Kier alpha value is 0.0600. The zero-order valence-electron chi connectivity index (χ0n) is 7.23. The molecular formula is C8H11F2IO2. The van der Waals surface area contributed by atoms with Gasteiger partial charge in [-0.3, -0.25) is 0 Å². The fourth-order valence-corrected chi connectivity index (χ4v) is 2.86. The maximum Gasteiger partial charge on any atom is 0.377 e. The van der Waals surface area contributed by atoms with Crippen LogP contribution in [-0.2, 0) is 9.53 Å². The third kappa shape index (κ3) is 2.11. The molecule has 1 fully saturated rings. The fourth-order valence-electron chi connectivity index (χ4n) is 1.61. The molecule has 0 N–H and O–H groups in total. The van der Waals surface area contributed by atoms with Crippen molar-refractivity contribution in [2.75, 3.05) is 7.11 Å². The number of carbonyl (C=O) groups is 1. The lowest BCUT2D eigenvalue weighted by molar-refractivity contribution is -0.176. The Morgan fingerprint density at radius 1 is 1.54 bits per heavy atom. The van der Waals surface area contributed by atoms with Crippen LogP contribution in [0.25, 0.3) is 0 Å². The Kier molecular flexibility index (Phi) is 3.48. The highest BCUT2D eigenvalue weighted by molar-refractivity contribution is 14.1. The van der Waals surface area contributed by atoms with E-state index in [0.29, 0.717) is 6.42 Å². The number of ether oxygens (including phenoxy) is 1. The molecule has 0 radical (unpaired) electrons. The van der Waals surface area contributed by atoms with E-state index < -0.39 is 17.8 Å². The zero-order valence-corrected chi connectivity index (χ0v) is 9.38. The number of halogens is 3. The van der Waals surface area contributed by atoms with Gasteiger partial charge in [-0.1, -0.05) is 29.0 Å². The first-order valence-electron chi connectivity index (χ1n) is 4.10. The van der Waals surface area contributed by atoms with Crippen LogP contribution in [0.2, 0.25) is 0 Å². The summed E-state index contributed by atoms with van der Waals surface area (Å²) >= 11 is 1.98. The van der Waals surface area contributed by atoms with Crippen molar-refractivity contribution in [2.24, 2.45) is 5.92 Å². The number of alkyl halides is 3. The number of hydrogen-bond donors (Lipinski definition) is 0. The largest absolute Gasteiger partial charge is 0.465 e. The Balaban J connectivity index is 2.73. The maximum atomic E-state index is 13.3. The first kappa shape index (κ1) is 11.1. The molecule has 1 saturated carbocycles. The van der Waals surface area contributed by atoms with Gasteiger partial charge in [-0.2, -0.15) is 8.78 Å². The van der Waals surface area contributed by atoms with Gasteiger partial charge in [-0.05, 0) is 12.8 Å². The van der Waals surface area contributed by atoms with Gasteiger partial charge in [0, 0.05) is 9.84 Å². The van der Waals surface area contributed by atoms with E-state index in [1.54, 1.807) is 0 Å². The van der Waals surface area contributed by atoms with Gasteiger partial charge in [0.15, 0.2) is 0 Å². The fraction of sp³-hybridized carbons (Fsp3) is 0.875. The molecule has 0 saturated heterocycles. The van der Waals surface area contributed by atoms with Crippen molar-refractivity contribution in [3.63, 3.8) is 0 Å². The highest BCUT2D eigenvalue weighted by atomic mass is 127. The molecule has 0 aromatic carbocycles. The molecule has 1 rings (SSSR count). The van der Waals surface area contributed by atoms with E-state index >= 15 is 0 Å². The molecule has 76 valence electrons. The molecule has 0 bridgehead atoms. The summed E-state index contributed by atoms with van der Waals surface area (Å²) in [6.07, 6.45) is 1.94. The van der Waals surface area contributed by atoms with Crippen molar-refractivity contribution in [2.45, 2.75) is 29.1 Å². The Bertz CT molecular complexity index is 208. The maximum absolute atomic E-state index is 13.3. The molecule has 0 spiro atoms. The molecule has 0 amide bonds. The van der Waals surface area contributed by atoms with Gasteiger partial charge in [0.25, 0.3) is 0 Å². The Morgan fingerprint density at radius 3 is 2.54 bits per heavy atom. The molecule has 13 heavy (non-hydrogen) atoms. The number of methoxy groups -OCH3 is 1. The van der Waals surface area contributed by atoms with E-state index in [0.717, 1.165) is 20.0 Å². The lowest BCUT2D eigenvalue weighted by atomic mass is 10.00. The van der Waals surface area contributed by atoms with Crippen molar-refractivity contribution < 1.29 is 18.3 Å². The van der Waals surface area contributed by atoms with Gasteiger partial charge in [0.1, 0.15) is 0 Å². The highest BCUT2D eigenvalue weighted by Crippen LogP contribution is 2.42. The lowest BCUT2D eigenvalue weighted by Crippen LogP contribution is -2.40. The van der Waals surface area contributed by atoms with Crippen LogP contribution in [-0.4, -0.2) is 22.9 Å². The van der Waals surface area contributed by atoms with Crippen molar-refractivity contribution in [1.82, 2.24) is 0 Å². The van der Waals surface area contributed by atoms with Crippen LogP contribution in [0.5, 0.6) is 0 Å². The standard InChI is InChI=1S/C8H11F2IO2/c1-13-7(12)8(9,10)5-3-2-4-6(5)11/h5-6H,2-4H2,1H3. The van der Waals surface area contributed by atoms with E-state index in [1.165, 1.54) is 0 Å². The molecule has 0 aromatic heterocycles. The van der Waals surface area contributed by atoms with Crippen molar-refractivity contribution >= 4 is 28.6 Å². The van der Waals surface area contributed by atoms with Gasteiger partial charge in [0.2, 0.25) is 0 Å². The van der Waals surface area contributed by atoms with E-state index in [-0.39, 0.29) is 3.92 Å². The number of hydrogen-bond acceptors (Lipinski definition) is 2. The first-order chi connectivity index (χ1) is 6.00. The van der Waals surface area contributed by atoms with Crippen molar-refractivity contribution in [3.05, 3.63) is 0 Å². The Morgan fingerprint density at radius 2 is 2.15 bits per heavy atom. The van der Waals surface area contributed by atoms with Crippen LogP contribution in [0.4, 0.5) is 8.78 Å². The molecule has 5 heteroatoms. The second-order valence-electron chi connectivity index (χ2n) is 3.17.